The standard InChI is InChI=1S/C36H74O14/c1-2-3-4-5-6-7-8-9-11-38-13-15-40-17-19-42-21-23-44-25-27-46-29-31-48-33-35-50-36-34-49-32-30-47-28-26-45-24-22-43-20-18-41-16-14-39-12-10-37/h37H,2-36H2,1H3. The fourth-order valence-corrected chi connectivity index (χ4v) is 4.14. The molecular formula is C36H74O14. The normalized spacial score (nSPS) is 11.6. The summed E-state index contributed by atoms with van der Waals surface area (Å²) >= 11 is 0. The summed E-state index contributed by atoms with van der Waals surface area (Å²) in [5.74, 6) is 0. The molecule has 0 aliphatic carbocycles. The van der Waals surface area contributed by atoms with E-state index in [1.165, 1.54) is 44.9 Å². The molecule has 0 radical (unpaired) electrons. The van der Waals surface area contributed by atoms with E-state index in [0.29, 0.717) is 165 Å². The molecule has 0 aromatic rings. The number of hydrogen-bond acceptors (Lipinski definition) is 14. The molecule has 50 heavy (non-hydrogen) atoms. The van der Waals surface area contributed by atoms with Gasteiger partial charge in [-0.1, -0.05) is 51.9 Å². The first-order valence-corrected chi connectivity index (χ1v) is 19.0. The maximum Gasteiger partial charge on any atom is 0.0701 e. The zero-order valence-corrected chi connectivity index (χ0v) is 31.5. The Morgan fingerprint density at radius 1 is 0.220 bits per heavy atom. The van der Waals surface area contributed by atoms with Gasteiger partial charge in [-0.3, -0.25) is 0 Å². The average molecular weight is 731 g/mol. The molecule has 14 heteroatoms. The molecule has 0 fully saturated rings. The molecule has 0 aliphatic heterocycles. The van der Waals surface area contributed by atoms with Crippen molar-refractivity contribution in [3.63, 3.8) is 0 Å². The minimum Gasteiger partial charge on any atom is -0.394 e. The monoisotopic (exact) mass is 731 g/mol. The molecule has 0 spiro atoms. The lowest BCUT2D eigenvalue weighted by molar-refractivity contribution is -0.0292. The van der Waals surface area contributed by atoms with E-state index in [1.54, 1.807) is 0 Å². The van der Waals surface area contributed by atoms with Crippen molar-refractivity contribution in [3.8, 4) is 0 Å². The van der Waals surface area contributed by atoms with Gasteiger partial charge >= 0.3 is 0 Å². The molecule has 0 rings (SSSR count). The summed E-state index contributed by atoms with van der Waals surface area (Å²) < 4.78 is 70.9. The van der Waals surface area contributed by atoms with Gasteiger partial charge in [0.1, 0.15) is 0 Å². The van der Waals surface area contributed by atoms with Crippen molar-refractivity contribution in [3.05, 3.63) is 0 Å². The summed E-state index contributed by atoms with van der Waals surface area (Å²) in [6.45, 7) is 16.0. The first kappa shape index (κ1) is 49.4. The van der Waals surface area contributed by atoms with Crippen molar-refractivity contribution in [1.29, 1.82) is 0 Å². The Balaban J connectivity index is 3.04. The van der Waals surface area contributed by atoms with E-state index in [-0.39, 0.29) is 6.61 Å². The lowest BCUT2D eigenvalue weighted by Crippen LogP contribution is -2.15. The SMILES string of the molecule is CCCCCCCCCCOCCOCCOCCOCCOCCOCCOCCOCCOCCOCCOCCOCCOCCO. The molecule has 0 amide bonds. The van der Waals surface area contributed by atoms with Gasteiger partial charge in [0.05, 0.1) is 172 Å². The molecule has 0 aliphatic rings. The van der Waals surface area contributed by atoms with Crippen LogP contribution in [0.3, 0.4) is 0 Å². The van der Waals surface area contributed by atoms with Crippen LogP contribution in [0.5, 0.6) is 0 Å². The van der Waals surface area contributed by atoms with Gasteiger partial charge in [-0.2, -0.15) is 0 Å². The largest absolute Gasteiger partial charge is 0.394 e. The van der Waals surface area contributed by atoms with Crippen molar-refractivity contribution in [2.24, 2.45) is 0 Å². The van der Waals surface area contributed by atoms with Crippen molar-refractivity contribution in [1.82, 2.24) is 0 Å². The number of rotatable bonds is 47. The summed E-state index contributed by atoms with van der Waals surface area (Å²) in [5, 5.41) is 8.59. The number of ether oxygens (including phenoxy) is 13. The molecule has 0 saturated carbocycles. The van der Waals surface area contributed by atoms with E-state index < -0.39 is 0 Å². The molecule has 1 N–H and O–H groups in total. The van der Waals surface area contributed by atoms with Crippen LogP contribution in [0.15, 0.2) is 0 Å². The Labute approximate surface area is 303 Å². The van der Waals surface area contributed by atoms with Crippen LogP contribution in [0, 0.1) is 0 Å². The molecule has 0 unspecified atom stereocenters. The predicted octanol–water partition coefficient (Wildman–Crippen LogP) is 3.34. The summed E-state index contributed by atoms with van der Waals surface area (Å²) in [6.07, 6.45) is 10.5. The second-order valence-electron chi connectivity index (χ2n) is 11.2. The summed E-state index contributed by atoms with van der Waals surface area (Å²) in [4.78, 5) is 0. The van der Waals surface area contributed by atoms with Crippen LogP contribution in [0.1, 0.15) is 58.3 Å². The van der Waals surface area contributed by atoms with Gasteiger partial charge in [-0.15, -0.1) is 0 Å². The number of aliphatic hydroxyl groups excluding tert-OH is 1. The Hall–Kier alpha value is -0.560. The van der Waals surface area contributed by atoms with Gasteiger partial charge in [0.25, 0.3) is 0 Å². The Morgan fingerprint density at radius 3 is 0.620 bits per heavy atom. The fourth-order valence-electron chi connectivity index (χ4n) is 4.14. The highest BCUT2D eigenvalue weighted by molar-refractivity contribution is 4.46. The Bertz CT molecular complexity index is 531. The zero-order valence-electron chi connectivity index (χ0n) is 31.5. The van der Waals surface area contributed by atoms with Gasteiger partial charge in [0, 0.05) is 6.61 Å². The topological polar surface area (TPSA) is 140 Å². The van der Waals surface area contributed by atoms with E-state index >= 15 is 0 Å². The van der Waals surface area contributed by atoms with Crippen LogP contribution in [-0.4, -0.2) is 183 Å². The minimum absolute atomic E-state index is 0.0257. The van der Waals surface area contributed by atoms with Crippen LogP contribution in [0.2, 0.25) is 0 Å². The molecule has 0 heterocycles. The van der Waals surface area contributed by atoms with E-state index in [9.17, 15) is 0 Å². The minimum atomic E-state index is 0.0257. The molecule has 0 aromatic carbocycles. The van der Waals surface area contributed by atoms with Gasteiger partial charge < -0.3 is 66.7 Å². The van der Waals surface area contributed by atoms with E-state index in [4.69, 9.17) is 66.7 Å². The van der Waals surface area contributed by atoms with Gasteiger partial charge in [-0.05, 0) is 6.42 Å². The van der Waals surface area contributed by atoms with Crippen LogP contribution in [0.4, 0.5) is 0 Å². The maximum absolute atomic E-state index is 8.59. The van der Waals surface area contributed by atoms with E-state index in [2.05, 4.69) is 6.92 Å². The second kappa shape index (κ2) is 48.4. The van der Waals surface area contributed by atoms with Crippen molar-refractivity contribution < 1.29 is 66.7 Å². The fraction of sp³-hybridized carbons (Fsp3) is 1.00. The molecule has 0 aromatic heterocycles. The zero-order chi connectivity index (χ0) is 35.9. The van der Waals surface area contributed by atoms with Crippen molar-refractivity contribution in [2.45, 2.75) is 58.3 Å². The molecule has 0 atom stereocenters. The lowest BCUT2D eigenvalue weighted by atomic mass is 10.1. The molecular weight excluding hydrogens is 656 g/mol. The van der Waals surface area contributed by atoms with Crippen molar-refractivity contribution >= 4 is 0 Å². The molecule has 14 nitrogen and oxygen atoms in total. The molecule has 302 valence electrons. The molecule has 0 saturated heterocycles. The number of hydrogen-bond donors (Lipinski definition) is 1. The summed E-state index contributed by atoms with van der Waals surface area (Å²) in [7, 11) is 0. The molecule has 0 bridgehead atoms. The highest BCUT2D eigenvalue weighted by atomic mass is 16.6. The first-order valence-electron chi connectivity index (χ1n) is 19.0. The van der Waals surface area contributed by atoms with Crippen molar-refractivity contribution in [2.75, 3.05) is 178 Å². The van der Waals surface area contributed by atoms with Gasteiger partial charge in [-0.25, -0.2) is 0 Å². The van der Waals surface area contributed by atoms with Crippen LogP contribution in [-0.2, 0) is 61.6 Å². The van der Waals surface area contributed by atoms with Crippen LogP contribution >= 0.6 is 0 Å². The van der Waals surface area contributed by atoms with Gasteiger partial charge in [0.2, 0.25) is 0 Å². The first-order chi connectivity index (χ1) is 24.9. The summed E-state index contributed by atoms with van der Waals surface area (Å²) in [6, 6.07) is 0. The average Bonchev–Trinajstić information content (AvgIpc) is 3.13. The third-order valence-corrected chi connectivity index (χ3v) is 6.84. The lowest BCUT2D eigenvalue weighted by Gasteiger charge is -2.09. The quantitative estimate of drug-likeness (QED) is 0.0916. The second-order valence-corrected chi connectivity index (χ2v) is 11.2. The number of unbranched alkanes of at least 4 members (excludes halogenated alkanes) is 7. The highest BCUT2D eigenvalue weighted by Crippen LogP contribution is 2.08. The van der Waals surface area contributed by atoms with E-state index in [0.717, 1.165) is 13.0 Å². The third kappa shape index (κ3) is 47.4. The van der Waals surface area contributed by atoms with Crippen LogP contribution < -0.4 is 0 Å². The Kier molecular flexibility index (Phi) is 47.9. The third-order valence-electron chi connectivity index (χ3n) is 6.84. The maximum atomic E-state index is 8.59. The Morgan fingerprint density at radius 2 is 0.400 bits per heavy atom. The highest BCUT2D eigenvalue weighted by Gasteiger charge is 1.97. The smallest absolute Gasteiger partial charge is 0.0701 e. The number of aliphatic hydroxyl groups is 1. The predicted molar refractivity (Wildman–Crippen MR) is 190 cm³/mol. The van der Waals surface area contributed by atoms with Crippen LogP contribution in [0.25, 0.3) is 0 Å². The van der Waals surface area contributed by atoms with Gasteiger partial charge in [0.15, 0.2) is 0 Å². The van der Waals surface area contributed by atoms with E-state index in [1.807, 2.05) is 0 Å². The summed E-state index contributed by atoms with van der Waals surface area (Å²) in [5.41, 5.74) is 0.